The largest absolute Gasteiger partial charge is 0.507 e. The van der Waals surface area contributed by atoms with Crippen LogP contribution in [-0.4, -0.2) is 46.9 Å². The van der Waals surface area contributed by atoms with Crippen molar-refractivity contribution in [2.45, 2.75) is 26.3 Å². The van der Waals surface area contributed by atoms with Gasteiger partial charge < -0.3 is 19.5 Å². The molecule has 1 aliphatic heterocycles. The standard InChI is InChI=1S/C29H28ClN3O4/c1-16-13-17(2)28(34)21(14-16)25-24-26(32-31-25)29(35)33(27(24)19-6-8-20(30)9-7-19)12-11-18-5-10-22(36-3)23(15-18)37-4/h5-10,13-15,27,34H,11-12H2,1-4H3,(H,31,32)/t27-/m1/s1. The van der Waals surface area contributed by atoms with Crippen LogP contribution in [0.5, 0.6) is 17.2 Å². The lowest BCUT2D eigenvalue weighted by atomic mass is 9.94. The maximum absolute atomic E-state index is 13.7. The molecule has 0 fully saturated rings. The maximum atomic E-state index is 13.7. The molecule has 8 heteroatoms. The number of methoxy groups -OCH3 is 2. The highest BCUT2D eigenvalue weighted by molar-refractivity contribution is 6.30. The summed E-state index contributed by atoms with van der Waals surface area (Å²) in [4.78, 5) is 15.5. The number of hydrogen-bond donors (Lipinski definition) is 2. The van der Waals surface area contributed by atoms with Crippen LogP contribution in [0.1, 0.15) is 44.3 Å². The summed E-state index contributed by atoms with van der Waals surface area (Å²) < 4.78 is 10.8. The molecule has 5 rings (SSSR count). The Morgan fingerprint density at radius 2 is 1.76 bits per heavy atom. The van der Waals surface area contributed by atoms with Crippen molar-refractivity contribution in [1.82, 2.24) is 15.1 Å². The molecule has 0 saturated heterocycles. The van der Waals surface area contributed by atoms with Gasteiger partial charge in [0.25, 0.3) is 5.91 Å². The summed E-state index contributed by atoms with van der Waals surface area (Å²) in [5.41, 5.74) is 6.03. The minimum Gasteiger partial charge on any atom is -0.507 e. The summed E-state index contributed by atoms with van der Waals surface area (Å²) in [6.07, 6.45) is 0.609. The third-order valence-electron chi connectivity index (χ3n) is 6.84. The lowest BCUT2D eigenvalue weighted by Gasteiger charge is -2.27. The molecule has 0 spiro atoms. The summed E-state index contributed by atoms with van der Waals surface area (Å²) in [5.74, 6) is 1.31. The number of ether oxygens (including phenoxy) is 2. The van der Waals surface area contributed by atoms with E-state index in [9.17, 15) is 9.90 Å². The van der Waals surface area contributed by atoms with Crippen molar-refractivity contribution in [3.05, 3.63) is 93.1 Å². The second kappa shape index (κ2) is 9.82. The highest BCUT2D eigenvalue weighted by atomic mass is 35.5. The number of phenolic OH excluding ortho intramolecular Hbond substituents is 1. The first-order chi connectivity index (χ1) is 17.8. The van der Waals surface area contributed by atoms with E-state index in [0.717, 1.165) is 27.8 Å². The molecule has 0 bridgehead atoms. The Balaban J connectivity index is 1.57. The fourth-order valence-electron chi connectivity index (χ4n) is 5.05. The summed E-state index contributed by atoms with van der Waals surface area (Å²) in [5, 5.41) is 19.0. The van der Waals surface area contributed by atoms with Crippen molar-refractivity contribution >= 4 is 17.5 Å². The molecular formula is C29H28ClN3O4. The number of fused-ring (bicyclic) bond motifs is 1. The minimum atomic E-state index is -0.395. The zero-order valence-electron chi connectivity index (χ0n) is 21.1. The van der Waals surface area contributed by atoms with Gasteiger partial charge in [0.05, 0.1) is 20.3 Å². The number of aromatic hydroxyl groups is 1. The van der Waals surface area contributed by atoms with Crippen LogP contribution < -0.4 is 9.47 Å². The number of aromatic nitrogens is 2. The van der Waals surface area contributed by atoms with Crippen LogP contribution in [0.25, 0.3) is 11.3 Å². The first kappa shape index (κ1) is 24.7. The van der Waals surface area contributed by atoms with Gasteiger partial charge in [-0.25, -0.2) is 0 Å². The monoisotopic (exact) mass is 517 g/mol. The van der Waals surface area contributed by atoms with E-state index >= 15 is 0 Å². The maximum Gasteiger partial charge on any atom is 0.273 e. The number of halogens is 1. The molecule has 0 unspecified atom stereocenters. The number of hydrogen-bond acceptors (Lipinski definition) is 5. The van der Waals surface area contributed by atoms with Crippen LogP contribution in [0.15, 0.2) is 54.6 Å². The Kier molecular flexibility index (Phi) is 6.56. The van der Waals surface area contributed by atoms with E-state index in [1.807, 2.05) is 73.3 Å². The van der Waals surface area contributed by atoms with Gasteiger partial charge in [-0.1, -0.05) is 35.9 Å². The molecule has 7 nitrogen and oxygen atoms in total. The van der Waals surface area contributed by atoms with E-state index in [2.05, 4.69) is 10.2 Å². The van der Waals surface area contributed by atoms with Gasteiger partial charge in [-0.15, -0.1) is 0 Å². The normalized spacial score (nSPS) is 14.7. The van der Waals surface area contributed by atoms with Crippen molar-refractivity contribution in [3.8, 4) is 28.5 Å². The number of amides is 1. The number of aromatic amines is 1. The summed E-state index contributed by atoms with van der Waals surface area (Å²) in [6.45, 7) is 4.29. The fourth-order valence-corrected chi connectivity index (χ4v) is 5.18. The molecule has 190 valence electrons. The number of nitrogens with one attached hydrogen (secondary N) is 1. The predicted octanol–water partition coefficient (Wildman–Crippen LogP) is 5.86. The van der Waals surface area contributed by atoms with E-state index in [1.165, 1.54) is 0 Å². The smallest absolute Gasteiger partial charge is 0.273 e. The van der Waals surface area contributed by atoms with Gasteiger partial charge in [-0.2, -0.15) is 5.10 Å². The first-order valence-corrected chi connectivity index (χ1v) is 12.4. The van der Waals surface area contributed by atoms with Crippen LogP contribution in [0.4, 0.5) is 0 Å². The van der Waals surface area contributed by atoms with Gasteiger partial charge in [0.2, 0.25) is 0 Å². The van der Waals surface area contributed by atoms with Crippen LogP contribution in [-0.2, 0) is 6.42 Å². The van der Waals surface area contributed by atoms with Gasteiger partial charge in [-0.3, -0.25) is 9.89 Å². The number of rotatable bonds is 7. The molecule has 1 aromatic heterocycles. The third-order valence-corrected chi connectivity index (χ3v) is 7.09. The molecule has 1 atom stereocenters. The zero-order chi connectivity index (χ0) is 26.3. The minimum absolute atomic E-state index is 0.141. The molecular weight excluding hydrogens is 490 g/mol. The number of aryl methyl sites for hydroxylation is 2. The van der Waals surface area contributed by atoms with Gasteiger partial charge in [0, 0.05) is 22.7 Å². The molecule has 37 heavy (non-hydrogen) atoms. The van der Waals surface area contributed by atoms with E-state index in [4.69, 9.17) is 21.1 Å². The van der Waals surface area contributed by atoms with Crippen LogP contribution in [0.2, 0.25) is 5.02 Å². The van der Waals surface area contributed by atoms with Gasteiger partial charge in [-0.05, 0) is 72.9 Å². The molecule has 0 saturated carbocycles. The summed E-state index contributed by atoms with van der Waals surface area (Å²) in [7, 11) is 3.20. The van der Waals surface area contributed by atoms with Crippen molar-refractivity contribution < 1.29 is 19.4 Å². The molecule has 4 aromatic rings. The van der Waals surface area contributed by atoms with E-state index in [1.54, 1.807) is 14.2 Å². The van der Waals surface area contributed by atoms with Gasteiger partial charge in [0.1, 0.15) is 17.1 Å². The molecule has 2 N–H and O–H groups in total. The van der Waals surface area contributed by atoms with Crippen molar-refractivity contribution in [2.75, 3.05) is 20.8 Å². The fraction of sp³-hybridized carbons (Fsp3) is 0.241. The second-order valence-electron chi connectivity index (χ2n) is 9.23. The average molecular weight is 518 g/mol. The molecule has 3 aromatic carbocycles. The van der Waals surface area contributed by atoms with Crippen molar-refractivity contribution in [2.24, 2.45) is 0 Å². The lowest BCUT2D eigenvalue weighted by Crippen LogP contribution is -2.31. The number of nitrogens with zero attached hydrogens (tertiary/aromatic N) is 2. The Labute approximate surface area is 220 Å². The van der Waals surface area contributed by atoms with Gasteiger partial charge >= 0.3 is 0 Å². The van der Waals surface area contributed by atoms with Crippen LogP contribution >= 0.6 is 11.6 Å². The van der Waals surface area contributed by atoms with E-state index < -0.39 is 6.04 Å². The predicted molar refractivity (Wildman–Crippen MR) is 143 cm³/mol. The lowest BCUT2D eigenvalue weighted by molar-refractivity contribution is 0.0746. The van der Waals surface area contributed by atoms with Crippen LogP contribution in [0, 0.1) is 13.8 Å². The molecule has 2 heterocycles. The van der Waals surface area contributed by atoms with Crippen LogP contribution in [0.3, 0.4) is 0 Å². The third kappa shape index (κ3) is 4.40. The Morgan fingerprint density at radius 3 is 2.46 bits per heavy atom. The summed E-state index contributed by atoms with van der Waals surface area (Å²) >= 11 is 6.19. The van der Waals surface area contributed by atoms with Crippen molar-refractivity contribution in [1.29, 1.82) is 0 Å². The highest BCUT2D eigenvalue weighted by Crippen LogP contribution is 2.45. The zero-order valence-corrected chi connectivity index (χ0v) is 21.9. The number of benzene rings is 3. The number of carbonyl (C=O) groups is 1. The first-order valence-electron chi connectivity index (χ1n) is 12.0. The molecule has 1 aliphatic rings. The molecule has 0 aliphatic carbocycles. The Bertz CT molecular complexity index is 1480. The molecule has 0 radical (unpaired) electrons. The quantitative estimate of drug-likeness (QED) is 0.321. The highest BCUT2D eigenvalue weighted by Gasteiger charge is 2.42. The second-order valence-corrected chi connectivity index (χ2v) is 9.67. The van der Waals surface area contributed by atoms with Gasteiger partial charge in [0.15, 0.2) is 11.5 Å². The molecule has 1 amide bonds. The van der Waals surface area contributed by atoms with Crippen molar-refractivity contribution in [3.63, 3.8) is 0 Å². The topological polar surface area (TPSA) is 87.7 Å². The van der Waals surface area contributed by atoms with E-state index in [-0.39, 0.29) is 11.7 Å². The Morgan fingerprint density at radius 1 is 1.03 bits per heavy atom. The Hall–Kier alpha value is -3.97. The SMILES string of the molecule is COc1ccc(CCN2C(=O)c3[nH]nc(-c4cc(C)cc(C)c4O)c3[C@H]2c2ccc(Cl)cc2)cc1OC. The van der Waals surface area contributed by atoms with E-state index in [0.29, 0.717) is 46.4 Å². The number of carbonyl (C=O) groups excluding carboxylic acids is 1. The summed E-state index contributed by atoms with van der Waals surface area (Å²) in [6, 6.07) is 16.7. The average Bonchev–Trinajstić information content (AvgIpc) is 3.44. The number of phenols is 1. The number of H-pyrrole nitrogens is 1.